The molecule has 0 bridgehead atoms. The first-order valence-corrected chi connectivity index (χ1v) is 5.25. The fraction of sp³-hybridized carbons (Fsp3) is 0.455. The van der Waals surface area contributed by atoms with E-state index in [4.69, 9.17) is 5.11 Å². The molecule has 0 spiro atoms. The molecule has 5 heteroatoms. The van der Waals surface area contributed by atoms with Crippen molar-refractivity contribution in [2.45, 2.75) is 13.3 Å². The first kappa shape index (κ1) is 10.7. The van der Waals surface area contributed by atoms with Gasteiger partial charge in [0.25, 0.3) is 5.91 Å². The molecule has 1 unspecified atom stereocenters. The van der Waals surface area contributed by atoms with E-state index in [9.17, 15) is 9.59 Å². The zero-order valence-electron chi connectivity index (χ0n) is 9.06. The van der Waals surface area contributed by atoms with Gasteiger partial charge in [0, 0.05) is 25.0 Å². The van der Waals surface area contributed by atoms with Crippen molar-refractivity contribution in [3.8, 4) is 0 Å². The molecule has 86 valence electrons. The van der Waals surface area contributed by atoms with Gasteiger partial charge < -0.3 is 15.0 Å². The normalized spacial score (nSPS) is 20.1. The van der Waals surface area contributed by atoms with Gasteiger partial charge in [0.15, 0.2) is 0 Å². The zero-order chi connectivity index (χ0) is 11.7. The molecule has 2 heterocycles. The van der Waals surface area contributed by atoms with E-state index in [1.165, 1.54) is 0 Å². The van der Waals surface area contributed by atoms with Crippen LogP contribution in [0.5, 0.6) is 0 Å². The van der Waals surface area contributed by atoms with E-state index >= 15 is 0 Å². The number of nitrogens with one attached hydrogen (secondary N) is 1. The summed E-state index contributed by atoms with van der Waals surface area (Å²) in [4.78, 5) is 27.3. The van der Waals surface area contributed by atoms with Crippen LogP contribution in [-0.4, -0.2) is 40.0 Å². The first-order valence-electron chi connectivity index (χ1n) is 5.25. The number of carboxylic acid groups (broad SMARTS) is 1. The molecule has 1 aromatic heterocycles. The summed E-state index contributed by atoms with van der Waals surface area (Å²) in [6.45, 7) is 2.68. The second-order valence-corrected chi connectivity index (χ2v) is 4.09. The van der Waals surface area contributed by atoms with Crippen molar-refractivity contribution in [1.82, 2.24) is 9.88 Å². The standard InChI is InChI=1S/C11H14N2O3/c1-7-9(2-4-12-7)10(14)13-5-3-8(6-13)11(15)16/h2,4,8,12H,3,5-6H2,1H3,(H,15,16). The summed E-state index contributed by atoms with van der Waals surface area (Å²) >= 11 is 0. The van der Waals surface area contributed by atoms with Crippen LogP contribution in [0.3, 0.4) is 0 Å². The molecule has 0 aromatic carbocycles. The van der Waals surface area contributed by atoms with E-state index in [-0.39, 0.29) is 5.91 Å². The fourth-order valence-electron chi connectivity index (χ4n) is 2.00. The average Bonchev–Trinajstić information content (AvgIpc) is 2.84. The molecule has 1 fully saturated rings. The van der Waals surface area contributed by atoms with Gasteiger partial charge in [-0.05, 0) is 19.4 Å². The predicted molar refractivity (Wildman–Crippen MR) is 57.2 cm³/mol. The van der Waals surface area contributed by atoms with Gasteiger partial charge in [-0.2, -0.15) is 0 Å². The first-order chi connectivity index (χ1) is 7.59. The van der Waals surface area contributed by atoms with Crippen LogP contribution in [0.15, 0.2) is 12.3 Å². The molecule has 1 aromatic rings. The summed E-state index contributed by atoms with van der Waals surface area (Å²) in [5.41, 5.74) is 1.45. The lowest BCUT2D eigenvalue weighted by Crippen LogP contribution is -2.30. The third-order valence-electron chi connectivity index (χ3n) is 3.01. The molecule has 1 saturated heterocycles. The molecule has 0 saturated carbocycles. The van der Waals surface area contributed by atoms with Gasteiger partial charge in [0.1, 0.15) is 0 Å². The zero-order valence-corrected chi connectivity index (χ0v) is 9.06. The molecule has 0 radical (unpaired) electrons. The lowest BCUT2D eigenvalue weighted by Gasteiger charge is -2.15. The van der Waals surface area contributed by atoms with Crippen molar-refractivity contribution in [3.05, 3.63) is 23.5 Å². The molecule has 1 atom stereocenters. The summed E-state index contributed by atoms with van der Waals surface area (Å²) in [6, 6.07) is 1.73. The van der Waals surface area contributed by atoms with Gasteiger partial charge in [-0.25, -0.2) is 0 Å². The van der Waals surface area contributed by atoms with E-state index < -0.39 is 11.9 Å². The fourth-order valence-corrected chi connectivity index (χ4v) is 2.00. The Morgan fingerprint density at radius 3 is 2.81 bits per heavy atom. The van der Waals surface area contributed by atoms with Crippen LogP contribution in [0.4, 0.5) is 0 Å². The molecule has 1 aliphatic heterocycles. The number of rotatable bonds is 2. The van der Waals surface area contributed by atoms with Crippen LogP contribution in [0.2, 0.25) is 0 Å². The molecular weight excluding hydrogens is 208 g/mol. The van der Waals surface area contributed by atoms with Crippen LogP contribution < -0.4 is 0 Å². The molecule has 1 aliphatic rings. The van der Waals surface area contributed by atoms with E-state index in [2.05, 4.69) is 4.98 Å². The van der Waals surface area contributed by atoms with Crippen molar-refractivity contribution in [2.75, 3.05) is 13.1 Å². The third kappa shape index (κ3) is 1.80. The number of amides is 1. The SMILES string of the molecule is Cc1[nH]ccc1C(=O)N1CCC(C(=O)O)C1. The maximum atomic E-state index is 12.0. The minimum Gasteiger partial charge on any atom is -0.481 e. The number of aryl methyl sites for hydroxylation is 1. The Labute approximate surface area is 93.1 Å². The smallest absolute Gasteiger partial charge is 0.308 e. The highest BCUT2D eigenvalue weighted by Crippen LogP contribution is 2.19. The van der Waals surface area contributed by atoms with Crippen molar-refractivity contribution in [1.29, 1.82) is 0 Å². The van der Waals surface area contributed by atoms with Crippen LogP contribution >= 0.6 is 0 Å². The number of carboxylic acids is 1. The summed E-state index contributed by atoms with van der Waals surface area (Å²) in [7, 11) is 0. The molecule has 2 N–H and O–H groups in total. The topological polar surface area (TPSA) is 73.4 Å². The highest BCUT2D eigenvalue weighted by atomic mass is 16.4. The lowest BCUT2D eigenvalue weighted by molar-refractivity contribution is -0.141. The van der Waals surface area contributed by atoms with Gasteiger partial charge in [0.05, 0.1) is 11.5 Å². The minimum absolute atomic E-state index is 0.0810. The Balaban J connectivity index is 2.08. The highest BCUT2D eigenvalue weighted by molar-refractivity contribution is 5.95. The molecule has 0 aliphatic carbocycles. The summed E-state index contributed by atoms with van der Waals surface area (Å²) in [5, 5.41) is 8.85. The lowest BCUT2D eigenvalue weighted by atomic mass is 10.1. The van der Waals surface area contributed by atoms with Crippen LogP contribution in [-0.2, 0) is 4.79 Å². The molecule has 16 heavy (non-hydrogen) atoms. The summed E-state index contributed by atoms with van der Waals surface area (Å²) in [6.07, 6.45) is 2.26. The average molecular weight is 222 g/mol. The number of hydrogen-bond acceptors (Lipinski definition) is 2. The largest absolute Gasteiger partial charge is 0.481 e. The van der Waals surface area contributed by atoms with Gasteiger partial charge >= 0.3 is 5.97 Å². The van der Waals surface area contributed by atoms with E-state index in [0.717, 1.165) is 5.69 Å². The van der Waals surface area contributed by atoms with Crippen molar-refractivity contribution < 1.29 is 14.7 Å². The number of aromatic amines is 1. The molecular formula is C11H14N2O3. The van der Waals surface area contributed by atoms with E-state index in [1.54, 1.807) is 17.2 Å². The van der Waals surface area contributed by atoms with Crippen LogP contribution in [0.25, 0.3) is 0 Å². The molecule has 2 rings (SSSR count). The van der Waals surface area contributed by atoms with Gasteiger partial charge in [-0.1, -0.05) is 0 Å². The molecule has 5 nitrogen and oxygen atoms in total. The summed E-state index contributed by atoms with van der Waals surface area (Å²) in [5.74, 6) is -1.31. The molecule has 1 amide bonds. The Morgan fingerprint density at radius 1 is 1.56 bits per heavy atom. The number of likely N-dealkylation sites (tertiary alicyclic amines) is 1. The van der Waals surface area contributed by atoms with Crippen LogP contribution in [0.1, 0.15) is 22.5 Å². The van der Waals surface area contributed by atoms with Crippen molar-refractivity contribution in [3.63, 3.8) is 0 Å². The quantitative estimate of drug-likeness (QED) is 0.779. The van der Waals surface area contributed by atoms with Gasteiger partial charge in [0.2, 0.25) is 0 Å². The maximum Gasteiger partial charge on any atom is 0.308 e. The number of hydrogen-bond donors (Lipinski definition) is 2. The van der Waals surface area contributed by atoms with Crippen LogP contribution in [0, 0.1) is 12.8 Å². The minimum atomic E-state index is -0.818. The maximum absolute atomic E-state index is 12.0. The second kappa shape index (κ2) is 4.00. The van der Waals surface area contributed by atoms with Gasteiger partial charge in [-0.15, -0.1) is 0 Å². The number of carbonyl (C=O) groups is 2. The van der Waals surface area contributed by atoms with E-state index in [1.807, 2.05) is 6.92 Å². The number of aliphatic carboxylic acids is 1. The Kier molecular flexibility index (Phi) is 2.68. The number of aromatic nitrogens is 1. The Bertz CT molecular complexity index is 425. The second-order valence-electron chi connectivity index (χ2n) is 4.09. The summed E-state index contributed by atoms with van der Waals surface area (Å²) < 4.78 is 0. The highest BCUT2D eigenvalue weighted by Gasteiger charge is 2.31. The predicted octanol–water partition coefficient (Wildman–Crippen LogP) is 0.870. The Morgan fingerprint density at radius 2 is 2.31 bits per heavy atom. The third-order valence-corrected chi connectivity index (χ3v) is 3.01. The van der Waals surface area contributed by atoms with Crippen molar-refractivity contribution >= 4 is 11.9 Å². The van der Waals surface area contributed by atoms with E-state index in [0.29, 0.717) is 25.1 Å². The van der Waals surface area contributed by atoms with Crippen molar-refractivity contribution in [2.24, 2.45) is 5.92 Å². The number of H-pyrrole nitrogens is 1. The number of carbonyl (C=O) groups excluding carboxylic acids is 1. The monoisotopic (exact) mass is 222 g/mol. The number of nitrogens with zero attached hydrogens (tertiary/aromatic N) is 1. The Hall–Kier alpha value is -1.78. The van der Waals surface area contributed by atoms with Gasteiger partial charge in [-0.3, -0.25) is 9.59 Å².